The van der Waals surface area contributed by atoms with Gasteiger partial charge in [0.2, 0.25) is 0 Å². The molecular formula is C3HF6NO3STc. The third-order valence-corrected chi connectivity index (χ3v) is 1.87. The molecule has 0 spiro atoms. The predicted octanol–water partition coefficient (Wildman–Crippen LogP) is 1.90. The quantitative estimate of drug-likeness (QED) is 0.580. The van der Waals surface area contributed by atoms with E-state index in [2.05, 4.69) is 0 Å². The number of alkyl halides is 4. The first-order valence-electron chi connectivity index (χ1n) is 2.53. The van der Waals surface area contributed by atoms with Crippen molar-refractivity contribution in [1.82, 2.24) is 0 Å². The number of nitrogens with one attached hydrogen (secondary N) is 1. The number of rotatable bonds is 3. The van der Waals surface area contributed by atoms with E-state index in [0.717, 1.165) is 18.9 Å². The first kappa shape index (κ1) is 17.3. The molecule has 0 amide bonds. The number of halogens is 6. The van der Waals surface area contributed by atoms with Crippen LogP contribution in [0.4, 0.5) is 26.3 Å². The average Bonchev–Trinajstić information content (AvgIpc) is 2.05. The first-order chi connectivity index (χ1) is 6.44. The van der Waals surface area contributed by atoms with Gasteiger partial charge in [-0.1, -0.05) is 0 Å². The number of hydrogen-bond donors (Lipinski definition) is 0. The predicted molar refractivity (Wildman–Crippen MR) is 29.3 cm³/mol. The molecule has 0 fully saturated rings. The van der Waals surface area contributed by atoms with Crippen LogP contribution in [0, 0.1) is 6.43 Å². The van der Waals surface area contributed by atoms with Gasteiger partial charge < -0.3 is 13.9 Å². The summed E-state index contributed by atoms with van der Waals surface area (Å²) in [6.07, 6.45) is -4.06. The third kappa shape index (κ3) is 3.47. The molecule has 0 unspecified atom stereocenters. The Morgan fingerprint density at radius 2 is 1.33 bits per heavy atom. The fraction of sp³-hybridized carbons (Fsp3) is 0.667. The molecule has 0 radical (unpaired) electrons. The van der Waals surface area contributed by atoms with E-state index in [9.17, 15) is 34.8 Å². The van der Waals surface area contributed by atoms with Gasteiger partial charge in [0.15, 0.2) is 0 Å². The molecule has 0 aliphatic carbocycles. The van der Waals surface area contributed by atoms with E-state index in [-0.39, 0.29) is 0 Å². The topological polar surface area (TPSA) is 75.0 Å². The van der Waals surface area contributed by atoms with E-state index < -0.39 is 27.6 Å². The van der Waals surface area contributed by atoms with Crippen molar-refractivity contribution in [2.75, 3.05) is 0 Å². The Morgan fingerprint density at radius 1 is 1.07 bits per heavy atom. The minimum absolute atomic E-state index is 0.900. The summed E-state index contributed by atoms with van der Waals surface area (Å²) in [4.78, 5) is 0. The van der Waals surface area contributed by atoms with Crippen molar-refractivity contribution >= 4 is 10.0 Å². The van der Waals surface area contributed by atoms with Crippen LogP contribution in [0.3, 0.4) is 0 Å². The molecule has 4 nitrogen and oxygen atoms in total. The van der Waals surface area contributed by atoms with Gasteiger partial charge in [0.1, 0.15) is 10.0 Å². The van der Waals surface area contributed by atoms with E-state index in [1.165, 1.54) is 0 Å². The Balaban J connectivity index is 0. The molecule has 0 atom stereocenters. The summed E-state index contributed by atoms with van der Waals surface area (Å²) < 4.78 is 97.4. The van der Waals surface area contributed by atoms with Crippen molar-refractivity contribution < 1.29 is 57.1 Å². The third-order valence-electron chi connectivity index (χ3n) is 0.940. The van der Waals surface area contributed by atoms with Gasteiger partial charge in [-0.3, -0.25) is 0 Å². The van der Waals surface area contributed by atoms with E-state index in [1.807, 2.05) is 0 Å². The van der Waals surface area contributed by atoms with Crippen molar-refractivity contribution in [3.8, 4) is 0 Å². The van der Waals surface area contributed by atoms with Crippen LogP contribution in [-0.4, -0.2) is 19.6 Å². The van der Waals surface area contributed by atoms with Gasteiger partial charge in [-0.05, 0) is 0 Å². The molecule has 15 heavy (non-hydrogen) atoms. The molecule has 0 bridgehead atoms. The second-order valence-electron chi connectivity index (χ2n) is 1.86. The maximum atomic E-state index is 11.9. The zero-order valence-corrected chi connectivity index (χ0v) is 8.95. The van der Waals surface area contributed by atoms with Gasteiger partial charge in [-0.2, -0.15) is 8.78 Å². The Hall–Kier alpha value is -0.0606. The van der Waals surface area contributed by atoms with Gasteiger partial charge >= 0.3 is 27.6 Å². The Bertz CT molecular complexity index is 305. The molecule has 0 rings (SSSR count). The fourth-order valence-corrected chi connectivity index (χ4v) is 0.693. The van der Waals surface area contributed by atoms with Gasteiger partial charge in [-0.15, -0.1) is 0 Å². The van der Waals surface area contributed by atoms with E-state index in [0.29, 0.717) is 0 Å². The molecular weight excluding hydrogens is 342 g/mol. The molecule has 91 valence electrons. The van der Waals surface area contributed by atoms with Gasteiger partial charge in [-0.25, -0.2) is 17.2 Å². The number of hydrogen-bond acceptors (Lipinski definition) is 3. The van der Waals surface area contributed by atoms with Crippen LogP contribution >= 0.6 is 0 Å². The molecule has 0 saturated carbocycles. The normalized spacial score (nSPS) is 13.3. The molecule has 0 aromatic carbocycles. The van der Waals surface area contributed by atoms with Gasteiger partial charge in [0.25, 0.3) is 5.92 Å². The van der Waals surface area contributed by atoms with Gasteiger partial charge in [0, 0.05) is 0 Å². The van der Waals surface area contributed by atoms with Crippen molar-refractivity contribution in [2.24, 2.45) is 0 Å². The molecule has 0 saturated heterocycles. The summed E-state index contributed by atoms with van der Waals surface area (Å²) in [7, 11) is -6.34. The van der Waals surface area contributed by atoms with Gasteiger partial charge in [0.05, 0.1) is 6.43 Å². The molecule has 0 aromatic heterocycles. The minimum atomic E-state index is -6.34. The number of sulfonamides is 1. The van der Waals surface area contributed by atoms with Crippen LogP contribution < -0.4 is 0 Å². The molecule has 0 aromatic rings. The Morgan fingerprint density at radius 3 is 1.40 bits per heavy atom. The van der Waals surface area contributed by atoms with Crippen LogP contribution in [0.25, 0.3) is 5.14 Å². The van der Waals surface area contributed by atoms with Crippen molar-refractivity contribution in [1.29, 1.82) is 0 Å². The first-order valence-corrected chi connectivity index (χ1v) is 4.77. The second kappa shape index (κ2) is 5.32. The summed E-state index contributed by atoms with van der Waals surface area (Å²) in [5.74, 6) is -6.15. The SMILES string of the molecule is [NH-]S(=O)(=O)C(F)(F)C(F)(F)[C-](F)F.[O]=[Tc+2]. The molecule has 1 N–H and O–H groups in total. The van der Waals surface area contributed by atoms with Crippen LogP contribution in [0.2, 0.25) is 0 Å². The molecule has 12 heteroatoms. The van der Waals surface area contributed by atoms with Crippen molar-refractivity contribution in [2.45, 2.75) is 11.2 Å². The Kier molecular flexibility index (Phi) is 6.15. The summed E-state index contributed by atoms with van der Waals surface area (Å²) in [6, 6.07) is 0. The van der Waals surface area contributed by atoms with Crippen LogP contribution in [0.1, 0.15) is 0 Å². The standard InChI is InChI=1S/C3HF6NO2S.O.Tc/c4-1(5)2(6,7)3(8,9)13(10,11)12;;/h(H-,10,11,12);;/q-2;;+2. The van der Waals surface area contributed by atoms with Crippen LogP contribution in [0.5, 0.6) is 0 Å². The van der Waals surface area contributed by atoms with E-state index in [1.54, 1.807) is 0 Å². The van der Waals surface area contributed by atoms with E-state index >= 15 is 0 Å². The van der Waals surface area contributed by atoms with Crippen LogP contribution in [0.15, 0.2) is 0 Å². The molecule has 0 aliphatic heterocycles. The zero-order chi connectivity index (χ0) is 13.1. The summed E-state index contributed by atoms with van der Waals surface area (Å²) >= 11 is 0.900. The fourth-order valence-electron chi connectivity index (χ4n) is 0.279. The summed E-state index contributed by atoms with van der Waals surface area (Å²) in [5, 5.41) is -0.547. The van der Waals surface area contributed by atoms with Crippen molar-refractivity contribution in [3.05, 3.63) is 11.6 Å². The monoisotopic (exact) mass is 342 g/mol. The zero-order valence-electron chi connectivity index (χ0n) is 6.28. The average molecular weight is 343 g/mol. The second-order valence-corrected chi connectivity index (χ2v) is 3.37. The van der Waals surface area contributed by atoms with E-state index in [4.69, 9.17) is 8.64 Å². The van der Waals surface area contributed by atoms with Crippen molar-refractivity contribution in [3.63, 3.8) is 0 Å². The summed E-state index contributed by atoms with van der Waals surface area (Å²) in [5.41, 5.74) is 0. The molecule has 0 heterocycles. The maximum absolute atomic E-state index is 11.9. The summed E-state index contributed by atoms with van der Waals surface area (Å²) in [6.45, 7) is 0. The van der Waals surface area contributed by atoms with Crippen LogP contribution in [-0.2, 0) is 32.4 Å². The molecule has 0 aliphatic rings. The Labute approximate surface area is 90.3 Å².